The Hall–Kier alpha value is -2.31. The Morgan fingerprint density at radius 3 is 1.81 bits per heavy atom. The van der Waals surface area contributed by atoms with E-state index in [1.54, 1.807) is 18.2 Å². The molecule has 0 aromatic heterocycles. The average molecular weight is 302 g/mol. The highest BCUT2D eigenvalue weighted by molar-refractivity contribution is 7.85. The number of hydrogen-bond acceptors (Lipinski definition) is 4. The molecule has 0 aliphatic heterocycles. The largest absolute Gasteiger partial charge is 0.294 e. The first-order valence-electron chi connectivity index (χ1n) is 6.11. The van der Waals surface area contributed by atoms with Gasteiger partial charge in [0, 0.05) is 22.3 Å². The molecule has 2 aromatic carbocycles. The van der Waals surface area contributed by atoms with Crippen molar-refractivity contribution in [2.45, 2.75) is 11.8 Å². The molecular weight excluding hydrogens is 292 g/mol. The van der Waals surface area contributed by atoms with Crippen LogP contribution in [-0.2, 0) is 10.1 Å². The molecule has 0 saturated heterocycles. The molecule has 21 heavy (non-hydrogen) atoms. The van der Waals surface area contributed by atoms with E-state index in [9.17, 15) is 22.6 Å². The Labute approximate surface area is 121 Å². The Morgan fingerprint density at radius 1 is 0.857 bits per heavy atom. The summed E-state index contributed by atoms with van der Waals surface area (Å²) in [5, 5.41) is 0. The number of fused-ring (bicyclic) bond motifs is 2. The highest BCUT2D eigenvalue weighted by atomic mass is 32.2. The van der Waals surface area contributed by atoms with Crippen molar-refractivity contribution < 1.29 is 22.6 Å². The van der Waals surface area contributed by atoms with Crippen molar-refractivity contribution in [3.8, 4) is 0 Å². The molecule has 0 saturated carbocycles. The maximum atomic E-state index is 12.4. The van der Waals surface area contributed by atoms with E-state index in [-0.39, 0.29) is 32.9 Å². The Morgan fingerprint density at radius 2 is 1.33 bits per heavy atom. The molecular formula is C15H10O5S. The van der Waals surface area contributed by atoms with Crippen molar-refractivity contribution in [1.29, 1.82) is 0 Å². The summed E-state index contributed by atoms with van der Waals surface area (Å²) < 4.78 is 31.9. The summed E-state index contributed by atoms with van der Waals surface area (Å²) in [4.78, 5) is 24.5. The molecule has 1 N–H and O–H groups in total. The van der Waals surface area contributed by atoms with E-state index in [4.69, 9.17) is 0 Å². The fourth-order valence-electron chi connectivity index (χ4n) is 2.51. The molecule has 2 aromatic rings. The van der Waals surface area contributed by atoms with Crippen molar-refractivity contribution in [3.05, 3.63) is 64.2 Å². The van der Waals surface area contributed by atoms with Crippen molar-refractivity contribution >= 4 is 21.7 Å². The first-order valence-corrected chi connectivity index (χ1v) is 7.55. The first-order chi connectivity index (χ1) is 9.80. The normalized spacial score (nSPS) is 13.8. The van der Waals surface area contributed by atoms with Gasteiger partial charge < -0.3 is 0 Å². The Kier molecular flexibility index (Phi) is 2.82. The van der Waals surface area contributed by atoms with Gasteiger partial charge >= 0.3 is 0 Å². The Bertz CT molecular complexity index is 910. The number of carbonyl (C=O) groups is 2. The zero-order chi connectivity index (χ0) is 15.4. The molecule has 1 aliphatic carbocycles. The average Bonchev–Trinajstić information content (AvgIpc) is 2.43. The second kappa shape index (κ2) is 4.34. The van der Waals surface area contributed by atoms with Crippen LogP contribution < -0.4 is 0 Å². The molecule has 0 spiro atoms. The number of rotatable bonds is 1. The molecule has 0 fully saturated rings. The summed E-state index contributed by atoms with van der Waals surface area (Å²) in [6.07, 6.45) is 0. The number of hydrogen-bond donors (Lipinski definition) is 1. The minimum absolute atomic E-state index is 0.00285. The third-order valence-electron chi connectivity index (χ3n) is 3.50. The van der Waals surface area contributed by atoms with Crippen LogP contribution in [0.4, 0.5) is 0 Å². The summed E-state index contributed by atoms with van der Waals surface area (Å²) in [6, 6.07) is 8.77. The highest BCUT2D eigenvalue weighted by Crippen LogP contribution is 2.30. The SMILES string of the molecule is Cc1cc2c(cc1S(=O)(=O)O)C(=O)c1ccccc1C2=O. The van der Waals surface area contributed by atoms with E-state index < -0.39 is 15.9 Å². The van der Waals surface area contributed by atoms with Crippen molar-refractivity contribution in [2.24, 2.45) is 0 Å². The van der Waals surface area contributed by atoms with Crippen LogP contribution in [0.25, 0.3) is 0 Å². The van der Waals surface area contributed by atoms with Gasteiger partial charge in [-0.1, -0.05) is 24.3 Å². The van der Waals surface area contributed by atoms with Crippen LogP contribution in [0, 0.1) is 6.92 Å². The molecule has 0 bridgehead atoms. The van der Waals surface area contributed by atoms with Crippen LogP contribution in [0.5, 0.6) is 0 Å². The molecule has 1 aliphatic rings. The molecule has 0 amide bonds. The smallest absolute Gasteiger partial charge is 0.289 e. The predicted octanol–water partition coefficient (Wildman–Crippen LogP) is 2.02. The molecule has 5 nitrogen and oxygen atoms in total. The number of ketones is 2. The van der Waals surface area contributed by atoms with Crippen molar-refractivity contribution in [2.75, 3.05) is 0 Å². The minimum atomic E-state index is -4.45. The lowest BCUT2D eigenvalue weighted by molar-refractivity contribution is 0.0979. The van der Waals surface area contributed by atoms with Crippen LogP contribution in [-0.4, -0.2) is 24.5 Å². The van der Waals surface area contributed by atoms with Crippen LogP contribution in [0.1, 0.15) is 37.4 Å². The number of benzene rings is 2. The zero-order valence-electron chi connectivity index (χ0n) is 11.0. The Balaban J connectivity index is 2.34. The van der Waals surface area contributed by atoms with Gasteiger partial charge in [-0.3, -0.25) is 14.1 Å². The van der Waals surface area contributed by atoms with Gasteiger partial charge in [0.15, 0.2) is 11.6 Å². The van der Waals surface area contributed by atoms with Gasteiger partial charge in [-0.2, -0.15) is 8.42 Å². The second-order valence-corrected chi connectivity index (χ2v) is 6.23. The maximum Gasteiger partial charge on any atom is 0.294 e. The van der Waals surface area contributed by atoms with E-state index in [0.29, 0.717) is 5.56 Å². The number of carbonyl (C=O) groups excluding carboxylic acids is 2. The summed E-state index contributed by atoms with van der Waals surface area (Å²) in [5.41, 5.74) is 0.909. The molecule has 0 heterocycles. The second-order valence-electron chi connectivity index (χ2n) is 4.84. The van der Waals surface area contributed by atoms with Crippen LogP contribution >= 0.6 is 0 Å². The van der Waals surface area contributed by atoms with Crippen molar-refractivity contribution in [3.63, 3.8) is 0 Å². The highest BCUT2D eigenvalue weighted by Gasteiger charge is 2.31. The summed E-state index contributed by atoms with van der Waals surface area (Å²) in [6.45, 7) is 1.46. The maximum absolute atomic E-state index is 12.4. The summed E-state index contributed by atoms with van der Waals surface area (Å²) in [7, 11) is -4.45. The third kappa shape index (κ3) is 2.00. The fourth-order valence-corrected chi connectivity index (χ4v) is 3.24. The monoisotopic (exact) mass is 302 g/mol. The lowest BCUT2D eigenvalue weighted by atomic mass is 9.83. The third-order valence-corrected chi connectivity index (χ3v) is 4.49. The minimum Gasteiger partial charge on any atom is -0.289 e. The standard InChI is InChI=1S/C15H10O5S/c1-8-6-11-12(7-13(8)21(18,19)20)15(17)10-5-3-2-4-9(10)14(11)16/h2-7H,1H3,(H,18,19,20). The number of aryl methyl sites for hydroxylation is 1. The lowest BCUT2D eigenvalue weighted by Gasteiger charge is -2.18. The summed E-state index contributed by atoms with van der Waals surface area (Å²) in [5.74, 6) is -0.754. The van der Waals surface area contributed by atoms with Crippen LogP contribution in [0.15, 0.2) is 41.3 Å². The molecule has 106 valence electrons. The molecule has 0 unspecified atom stereocenters. The van der Waals surface area contributed by atoms with Gasteiger partial charge in [0.1, 0.15) is 0 Å². The van der Waals surface area contributed by atoms with E-state index in [0.717, 1.165) is 6.07 Å². The van der Waals surface area contributed by atoms with Crippen LogP contribution in [0.2, 0.25) is 0 Å². The van der Waals surface area contributed by atoms with Gasteiger partial charge in [-0.15, -0.1) is 0 Å². The zero-order valence-corrected chi connectivity index (χ0v) is 11.8. The summed E-state index contributed by atoms with van der Waals surface area (Å²) >= 11 is 0. The van der Waals surface area contributed by atoms with Crippen LogP contribution in [0.3, 0.4) is 0 Å². The van der Waals surface area contributed by atoms with Gasteiger partial charge in [0.2, 0.25) is 0 Å². The van der Waals surface area contributed by atoms with Gasteiger partial charge in [-0.05, 0) is 24.6 Å². The molecule has 0 atom stereocenters. The first kappa shape index (κ1) is 13.7. The molecule has 0 radical (unpaired) electrons. The quantitative estimate of drug-likeness (QED) is 0.695. The van der Waals surface area contributed by atoms with Gasteiger partial charge in [-0.25, -0.2) is 0 Å². The predicted molar refractivity (Wildman–Crippen MR) is 74.3 cm³/mol. The van der Waals surface area contributed by atoms with Gasteiger partial charge in [0.25, 0.3) is 10.1 Å². The van der Waals surface area contributed by atoms with Gasteiger partial charge in [0.05, 0.1) is 4.90 Å². The van der Waals surface area contributed by atoms with E-state index in [1.165, 1.54) is 19.1 Å². The topological polar surface area (TPSA) is 88.5 Å². The fraction of sp³-hybridized carbons (Fsp3) is 0.0667. The lowest BCUT2D eigenvalue weighted by Crippen LogP contribution is -2.22. The molecule has 6 heteroatoms. The van der Waals surface area contributed by atoms with E-state index >= 15 is 0 Å². The molecule has 3 rings (SSSR count). The van der Waals surface area contributed by atoms with E-state index in [2.05, 4.69) is 0 Å². The van der Waals surface area contributed by atoms with Crippen molar-refractivity contribution in [1.82, 2.24) is 0 Å². The van der Waals surface area contributed by atoms with E-state index in [1.807, 2.05) is 0 Å².